The molecule has 0 bridgehead atoms. The number of nitrogens with zero attached hydrogens (tertiary/aromatic N) is 2. The number of carboxylic acid groups (broad SMARTS) is 1. The second kappa shape index (κ2) is 10.1. The van der Waals surface area contributed by atoms with E-state index in [0.717, 1.165) is 31.7 Å². The van der Waals surface area contributed by atoms with Gasteiger partial charge < -0.3 is 14.6 Å². The van der Waals surface area contributed by atoms with Crippen LogP contribution in [0.25, 0.3) is 0 Å². The van der Waals surface area contributed by atoms with Crippen molar-refractivity contribution in [3.05, 3.63) is 35.4 Å². The van der Waals surface area contributed by atoms with Gasteiger partial charge in [0.2, 0.25) is 0 Å². The van der Waals surface area contributed by atoms with Crippen LogP contribution < -0.4 is 0 Å². The summed E-state index contributed by atoms with van der Waals surface area (Å²) in [4.78, 5) is 13.0. The van der Waals surface area contributed by atoms with Gasteiger partial charge in [0.25, 0.3) is 6.47 Å². The molecule has 2 heterocycles. The molecule has 6 nitrogen and oxygen atoms in total. The summed E-state index contributed by atoms with van der Waals surface area (Å²) in [5.74, 6) is -1.61. The van der Waals surface area contributed by atoms with Crippen LogP contribution >= 0.6 is 0 Å². The van der Waals surface area contributed by atoms with Crippen LogP contribution in [0.3, 0.4) is 0 Å². The Bertz CT molecular complexity index is 617. The molecule has 8 heteroatoms. The zero-order valence-electron chi connectivity index (χ0n) is 15.9. The zero-order chi connectivity index (χ0) is 19.9. The minimum atomic E-state index is -0.808. The highest BCUT2D eigenvalue weighted by Gasteiger charge is 2.40. The molecule has 2 fully saturated rings. The quantitative estimate of drug-likeness (QED) is 0.802. The Morgan fingerprint density at radius 3 is 2.63 bits per heavy atom. The molecule has 0 aromatic heterocycles. The van der Waals surface area contributed by atoms with E-state index in [2.05, 4.69) is 23.6 Å². The summed E-state index contributed by atoms with van der Waals surface area (Å²) in [6, 6.07) is 4.56. The Morgan fingerprint density at radius 1 is 1.22 bits per heavy atom. The molecule has 1 spiro atoms. The molecule has 27 heavy (non-hydrogen) atoms. The maximum absolute atomic E-state index is 13.5. The van der Waals surface area contributed by atoms with Crippen molar-refractivity contribution in [2.75, 3.05) is 46.0 Å². The highest BCUT2D eigenvalue weighted by molar-refractivity contribution is 5.32. The smallest absolute Gasteiger partial charge is 0.290 e. The number of ether oxygens (including phenoxy) is 2. The fourth-order valence-corrected chi connectivity index (χ4v) is 3.51. The summed E-state index contributed by atoms with van der Waals surface area (Å²) in [5, 5.41) is 6.89. The first kappa shape index (κ1) is 21.7. The van der Waals surface area contributed by atoms with Gasteiger partial charge in [0.1, 0.15) is 5.60 Å². The highest BCUT2D eigenvalue weighted by Crippen LogP contribution is 2.25. The van der Waals surface area contributed by atoms with E-state index in [1.807, 2.05) is 0 Å². The summed E-state index contributed by atoms with van der Waals surface area (Å²) in [7, 11) is 0. The monoisotopic (exact) mass is 386 g/mol. The van der Waals surface area contributed by atoms with Gasteiger partial charge >= 0.3 is 0 Å². The van der Waals surface area contributed by atoms with Crippen molar-refractivity contribution in [2.45, 2.75) is 32.0 Å². The summed E-state index contributed by atoms with van der Waals surface area (Å²) in [6.45, 7) is 9.84. The molecule has 1 unspecified atom stereocenters. The van der Waals surface area contributed by atoms with E-state index in [1.165, 1.54) is 12.1 Å². The summed E-state index contributed by atoms with van der Waals surface area (Å²) < 4.78 is 38.5. The van der Waals surface area contributed by atoms with Crippen molar-refractivity contribution in [1.82, 2.24) is 9.80 Å². The van der Waals surface area contributed by atoms with E-state index in [9.17, 15) is 8.78 Å². The lowest BCUT2D eigenvalue weighted by atomic mass is 10.0. The first-order chi connectivity index (χ1) is 12.9. The Morgan fingerprint density at radius 2 is 1.96 bits per heavy atom. The molecule has 1 aromatic rings. The molecular formula is C19H28F2N2O4. The van der Waals surface area contributed by atoms with E-state index in [1.54, 1.807) is 6.07 Å². The van der Waals surface area contributed by atoms with Crippen LogP contribution in [0, 0.1) is 11.6 Å². The molecule has 2 aliphatic rings. The Balaban J connectivity index is 0.000000817. The van der Waals surface area contributed by atoms with Gasteiger partial charge in [-0.25, -0.2) is 8.78 Å². The van der Waals surface area contributed by atoms with E-state index < -0.39 is 11.6 Å². The fraction of sp³-hybridized carbons (Fsp3) is 0.632. The maximum Gasteiger partial charge on any atom is 0.290 e. The van der Waals surface area contributed by atoms with Gasteiger partial charge in [-0.1, -0.05) is 6.07 Å². The van der Waals surface area contributed by atoms with Crippen molar-refractivity contribution < 1.29 is 28.2 Å². The molecular weight excluding hydrogens is 358 g/mol. The third-order valence-corrected chi connectivity index (χ3v) is 4.83. The van der Waals surface area contributed by atoms with Crippen molar-refractivity contribution in [2.24, 2.45) is 0 Å². The van der Waals surface area contributed by atoms with Gasteiger partial charge in [-0.3, -0.25) is 14.6 Å². The molecule has 0 amide bonds. The number of rotatable bonds is 3. The topological polar surface area (TPSA) is 62.2 Å². The maximum atomic E-state index is 13.5. The van der Waals surface area contributed by atoms with Crippen molar-refractivity contribution in [3.63, 3.8) is 0 Å². The van der Waals surface area contributed by atoms with Gasteiger partial charge in [0.05, 0.1) is 19.8 Å². The van der Waals surface area contributed by atoms with Crippen LogP contribution in [-0.4, -0.2) is 79.0 Å². The van der Waals surface area contributed by atoms with E-state index in [4.69, 9.17) is 19.4 Å². The third kappa shape index (κ3) is 6.21. The minimum absolute atomic E-state index is 0.250. The Labute approximate surface area is 158 Å². The molecule has 1 atom stereocenters. The Kier molecular flexibility index (Phi) is 8.09. The van der Waals surface area contributed by atoms with Gasteiger partial charge in [0, 0.05) is 38.8 Å². The third-order valence-electron chi connectivity index (χ3n) is 4.83. The number of carbonyl (C=O) groups is 1. The van der Waals surface area contributed by atoms with E-state index >= 15 is 0 Å². The Hall–Kier alpha value is -1.61. The van der Waals surface area contributed by atoms with Gasteiger partial charge in [-0.05, 0) is 31.5 Å². The lowest BCUT2D eigenvalue weighted by molar-refractivity contribution is -0.147. The molecule has 0 radical (unpaired) electrons. The van der Waals surface area contributed by atoms with Gasteiger partial charge in [-0.2, -0.15) is 0 Å². The largest absolute Gasteiger partial charge is 0.483 e. The minimum Gasteiger partial charge on any atom is -0.483 e. The average molecular weight is 386 g/mol. The number of halogens is 2. The van der Waals surface area contributed by atoms with Gasteiger partial charge in [-0.15, -0.1) is 0 Å². The normalized spacial score (nSPS) is 24.3. The lowest BCUT2D eigenvalue weighted by Crippen LogP contribution is -2.59. The number of hydrogen-bond acceptors (Lipinski definition) is 5. The van der Waals surface area contributed by atoms with Crippen LogP contribution in [0.2, 0.25) is 0 Å². The number of morpholine rings is 1. The van der Waals surface area contributed by atoms with E-state index in [0.29, 0.717) is 32.4 Å². The van der Waals surface area contributed by atoms with Crippen LogP contribution in [-0.2, 0) is 20.8 Å². The van der Waals surface area contributed by atoms with Crippen molar-refractivity contribution in [1.29, 1.82) is 0 Å². The van der Waals surface area contributed by atoms with E-state index in [-0.39, 0.29) is 12.1 Å². The molecule has 152 valence electrons. The highest BCUT2D eigenvalue weighted by atomic mass is 19.2. The van der Waals surface area contributed by atoms with Crippen molar-refractivity contribution in [3.8, 4) is 0 Å². The first-order valence-corrected chi connectivity index (χ1v) is 9.09. The molecule has 0 saturated carbocycles. The standard InChI is InChI=1S/C18H26F2N2O2.CH2O2/c1-14(2)22-6-8-24-18(12-22)11-21(5-7-23-13-18)10-15-3-4-16(19)17(20)9-15;2-1-3/h3-4,9,14H,5-8,10-13H2,1-2H3;1H,(H,2,3). The van der Waals surface area contributed by atoms with Crippen LogP contribution in [0.4, 0.5) is 8.78 Å². The molecule has 1 N–H and O–H groups in total. The number of hydrogen-bond donors (Lipinski definition) is 1. The summed E-state index contributed by atoms with van der Waals surface area (Å²) in [6.07, 6.45) is 0. The van der Waals surface area contributed by atoms with Crippen LogP contribution in [0.5, 0.6) is 0 Å². The molecule has 2 saturated heterocycles. The number of benzene rings is 1. The molecule has 1 aromatic carbocycles. The SMILES string of the molecule is CC(C)N1CCOC2(COCCN(Cc3ccc(F)c(F)c3)C2)C1.O=CO. The zero-order valence-corrected chi connectivity index (χ0v) is 15.9. The second-order valence-corrected chi connectivity index (χ2v) is 7.21. The van der Waals surface area contributed by atoms with Crippen LogP contribution in [0.15, 0.2) is 18.2 Å². The van der Waals surface area contributed by atoms with Crippen LogP contribution in [0.1, 0.15) is 19.4 Å². The second-order valence-electron chi connectivity index (χ2n) is 7.21. The molecule has 0 aliphatic carbocycles. The predicted molar refractivity (Wildman–Crippen MR) is 96.5 cm³/mol. The average Bonchev–Trinajstić information content (AvgIpc) is 2.81. The van der Waals surface area contributed by atoms with Gasteiger partial charge in [0.15, 0.2) is 11.6 Å². The first-order valence-electron chi connectivity index (χ1n) is 9.09. The predicted octanol–water partition coefficient (Wildman–Crippen LogP) is 1.98. The summed E-state index contributed by atoms with van der Waals surface area (Å²) >= 11 is 0. The lowest BCUT2D eigenvalue weighted by Gasteiger charge is -2.44. The summed E-state index contributed by atoms with van der Waals surface area (Å²) in [5.41, 5.74) is 0.417. The van der Waals surface area contributed by atoms with Crippen molar-refractivity contribution >= 4 is 6.47 Å². The molecule has 3 rings (SSSR count). The molecule has 2 aliphatic heterocycles. The fourth-order valence-electron chi connectivity index (χ4n) is 3.51.